The lowest BCUT2D eigenvalue weighted by Crippen LogP contribution is -2.24. The maximum atomic E-state index is 11.4. The fraction of sp³-hybridized carbons (Fsp3) is 0.615. The Balaban J connectivity index is 2.77. The van der Waals surface area contributed by atoms with Crippen LogP contribution in [0.25, 0.3) is 0 Å². The molecule has 0 aliphatic heterocycles. The summed E-state index contributed by atoms with van der Waals surface area (Å²) in [5.41, 5.74) is 1.05. The molecule has 16 heavy (non-hydrogen) atoms. The Morgan fingerprint density at radius 1 is 1.44 bits per heavy atom. The zero-order valence-electron chi connectivity index (χ0n) is 10.6. The van der Waals surface area contributed by atoms with Gasteiger partial charge < -0.3 is 9.47 Å². The van der Waals surface area contributed by atoms with Crippen molar-refractivity contribution in [3.63, 3.8) is 0 Å². The van der Waals surface area contributed by atoms with Crippen molar-refractivity contribution in [3.05, 3.63) is 23.7 Å². The number of allylic oxidation sites excluding steroid dienone is 3. The van der Waals surface area contributed by atoms with Gasteiger partial charge in [-0.3, -0.25) is 0 Å². The van der Waals surface area contributed by atoms with Crippen molar-refractivity contribution in [2.24, 2.45) is 5.41 Å². The predicted molar refractivity (Wildman–Crippen MR) is 62.7 cm³/mol. The van der Waals surface area contributed by atoms with Gasteiger partial charge in [-0.1, -0.05) is 20.4 Å². The van der Waals surface area contributed by atoms with Gasteiger partial charge in [-0.05, 0) is 38.7 Å². The van der Waals surface area contributed by atoms with Crippen LogP contribution in [-0.4, -0.2) is 6.16 Å². The molecule has 0 saturated heterocycles. The number of rotatable bonds is 2. The molecule has 0 amide bonds. The minimum atomic E-state index is -0.683. The first-order valence-electron chi connectivity index (χ1n) is 5.58. The molecule has 1 aliphatic carbocycles. The normalized spacial score (nSPS) is 19.2. The molecule has 0 spiro atoms. The third-order valence-corrected chi connectivity index (χ3v) is 2.80. The van der Waals surface area contributed by atoms with Crippen molar-refractivity contribution in [3.8, 4) is 0 Å². The van der Waals surface area contributed by atoms with Crippen molar-refractivity contribution in [2.45, 2.75) is 47.0 Å². The summed E-state index contributed by atoms with van der Waals surface area (Å²) in [5.74, 6) is 1.10. The molecule has 0 radical (unpaired) electrons. The van der Waals surface area contributed by atoms with Crippen LogP contribution in [0, 0.1) is 5.41 Å². The number of hydrogen-bond acceptors (Lipinski definition) is 3. The molecule has 1 aliphatic rings. The van der Waals surface area contributed by atoms with Crippen molar-refractivity contribution in [1.82, 2.24) is 0 Å². The van der Waals surface area contributed by atoms with Crippen LogP contribution in [0.5, 0.6) is 0 Å². The highest BCUT2D eigenvalue weighted by atomic mass is 16.7. The molecule has 0 aromatic carbocycles. The van der Waals surface area contributed by atoms with E-state index in [0.29, 0.717) is 5.76 Å². The summed E-state index contributed by atoms with van der Waals surface area (Å²) >= 11 is 0. The molecule has 0 N–H and O–H groups in total. The Morgan fingerprint density at radius 2 is 2.06 bits per heavy atom. The van der Waals surface area contributed by atoms with E-state index in [-0.39, 0.29) is 5.41 Å². The number of carbonyl (C=O) groups is 1. The summed E-state index contributed by atoms with van der Waals surface area (Å²) in [7, 11) is 0. The summed E-state index contributed by atoms with van der Waals surface area (Å²) in [5, 5.41) is 0. The largest absolute Gasteiger partial charge is 0.518 e. The molecule has 3 nitrogen and oxygen atoms in total. The van der Waals surface area contributed by atoms with Crippen molar-refractivity contribution >= 4 is 6.16 Å². The van der Waals surface area contributed by atoms with E-state index in [2.05, 4.69) is 20.4 Å². The van der Waals surface area contributed by atoms with Gasteiger partial charge in [0.1, 0.15) is 11.5 Å². The molecule has 0 unspecified atom stereocenters. The van der Waals surface area contributed by atoms with Gasteiger partial charge in [0.25, 0.3) is 0 Å². The number of ether oxygens (including phenoxy) is 2. The highest BCUT2D eigenvalue weighted by molar-refractivity contribution is 5.63. The SMILES string of the molecule is C=C(C)OC(=O)OC1=C(C)CCCC1(C)C. The maximum absolute atomic E-state index is 11.4. The first kappa shape index (κ1) is 12.8. The summed E-state index contributed by atoms with van der Waals surface area (Å²) < 4.78 is 10.1. The Morgan fingerprint density at radius 3 is 2.56 bits per heavy atom. The Bertz CT molecular complexity index is 337. The quantitative estimate of drug-likeness (QED) is 0.522. The minimum absolute atomic E-state index is 0.0869. The fourth-order valence-corrected chi connectivity index (χ4v) is 2.07. The van der Waals surface area contributed by atoms with Gasteiger partial charge in [-0.25, -0.2) is 4.79 Å². The molecule has 0 bridgehead atoms. The zero-order valence-corrected chi connectivity index (χ0v) is 10.6. The van der Waals surface area contributed by atoms with E-state index < -0.39 is 6.16 Å². The third-order valence-electron chi connectivity index (χ3n) is 2.80. The van der Waals surface area contributed by atoms with Gasteiger partial charge in [0, 0.05) is 5.41 Å². The molecular formula is C13H20O3. The lowest BCUT2D eigenvalue weighted by Gasteiger charge is -2.32. The molecule has 0 fully saturated rings. The summed E-state index contributed by atoms with van der Waals surface area (Å²) in [6.45, 7) is 11.3. The van der Waals surface area contributed by atoms with Gasteiger partial charge >= 0.3 is 6.16 Å². The Kier molecular flexibility index (Phi) is 3.79. The second-order valence-electron chi connectivity index (χ2n) is 5.00. The fourth-order valence-electron chi connectivity index (χ4n) is 2.07. The molecular weight excluding hydrogens is 204 g/mol. The Labute approximate surface area is 97.1 Å². The van der Waals surface area contributed by atoms with Crippen LogP contribution in [0.3, 0.4) is 0 Å². The van der Waals surface area contributed by atoms with Crippen molar-refractivity contribution in [2.75, 3.05) is 0 Å². The molecule has 0 heterocycles. The summed E-state index contributed by atoms with van der Waals surface area (Å²) in [6.07, 6.45) is 2.47. The highest BCUT2D eigenvalue weighted by Crippen LogP contribution is 2.40. The first-order valence-corrected chi connectivity index (χ1v) is 5.58. The van der Waals surface area contributed by atoms with Crippen LogP contribution in [0.4, 0.5) is 4.79 Å². The lowest BCUT2D eigenvalue weighted by atomic mass is 9.78. The standard InChI is InChI=1S/C13H20O3/c1-9(2)15-12(14)16-11-10(3)7-6-8-13(11,4)5/h1,6-8H2,2-5H3. The van der Waals surface area contributed by atoms with Gasteiger partial charge in [-0.2, -0.15) is 0 Å². The van der Waals surface area contributed by atoms with Crippen molar-refractivity contribution < 1.29 is 14.3 Å². The van der Waals surface area contributed by atoms with E-state index in [0.717, 1.165) is 30.6 Å². The lowest BCUT2D eigenvalue weighted by molar-refractivity contribution is 0.0780. The van der Waals surface area contributed by atoms with Gasteiger partial charge in [-0.15, -0.1) is 0 Å². The van der Waals surface area contributed by atoms with E-state index >= 15 is 0 Å². The van der Waals surface area contributed by atoms with E-state index in [1.54, 1.807) is 6.92 Å². The molecule has 1 rings (SSSR count). The molecule has 0 aromatic heterocycles. The van der Waals surface area contributed by atoms with E-state index in [9.17, 15) is 4.79 Å². The number of carbonyl (C=O) groups excluding carboxylic acids is 1. The summed E-state index contributed by atoms with van der Waals surface area (Å²) in [4.78, 5) is 11.4. The smallest absolute Gasteiger partial charge is 0.400 e. The van der Waals surface area contributed by atoms with Gasteiger partial charge in [0.15, 0.2) is 0 Å². The second-order valence-corrected chi connectivity index (χ2v) is 5.00. The summed E-state index contributed by atoms with van der Waals surface area (Å²) in [6, 6.07) is 0. The predicted octanol–water partition coefficient (Wildman–Crippen LogP) is 4.16. The van der Waals surface area contributed by atoms with Crippen LogP contribution in [0.1, 0.15) is 47.0 Å². The van der Waals surface area contributed by atoms with E-state index in [1.165, 1.54) is 0 Å². The van der Waals surface area contributed by atoms with Gasteiger partial charge in [0.2, 0.25) is 0 Å². The monoisotopic (exact) mass is 224 g/mol. The van der Waals surface area contributed by atoms with Crippen LogP contribution in [0.15, 0.2) is 23.7 Å². The molecule has 90 valence electrons. The molecule has 3 heteroatoms. The zero-order chi connectivity index (χ0) is 12.3. The van der Waals surface area contributed by atoms with E-state index in [1.807, 2.05) is 6.92 Å². The highest BCUT2D eigenvalue weighted by Gasteiger charge is 2.32. The molecule has 0 saturated carbocycles. The third kappa shape index (κ3) is 3.12. The average molecular weight is 224 g/mol. The van der Waals surface area contributed by atoms with Crippen LogP contribution in [-0.2, 0) is 9.47 Å². The van der Waals surface area contributed by atoms with E-state index in [4.69, 9.17) is 9.47 Å². The maximum Gasteiger partial charge on any atom is 0.518 e. The average Bonchev–Trinajstić information content (AvgIpc) is 2.10. The Hall–Kier alpha value is -1.25. The van der Waals surface area contributed by atoms with Gasteiger partial charge in [0.05, 0.1) is 0 Å². The molecule has 0 aromatic rings. The topological polar surface area (TPSA) is 35.5 Å². The second kappa shape index (κ2) is 4.73. The van der Waals surface area contributed by atoms with Crippen LogP contribution in [0.2, 0.25) is 0 Å². The van der Waals surface area contributed by atoms with Crippen LogP contribution < -0.4 is 0 Å². The van der Waals surface area contributed by atoms with Crippen LogP contribution >= 0.6 is 0 Å². The minimum Gasteiger partial charge on any atom is -0.400 e. The molecule has 0 atom stereocenters. The first-order chi connectivity index (χ1) is 7.33. The number of hydrogen-bond donors (Lipinski definition) is 0. The van der Waals surface area contributed by atoms with Crippen molar-refractivity contribution in [1.29, 1.82) is 0 Å².